The molecule has 0 aliphatic carbocycles. The minimum absolute atomic E-state index is 0.358. The molecule has 0 saturated heterocycles. The SMILES string of the molecule is S=P(=S)S/[PH2]=[SH]/S. The van der Waals surface area contributed by atoms with Crippen molar-refractivity contribution in [2.24, 2.45) is 0 Å². The van der Waals surface area contributed by atoms with Gasteiger partial charge in [0.25, 0.3) is 0 Å². The Kier molecular flexibility index (Phi) is 8.35. The predicted octanol–water partition coefficient (Wildman–Crippen LogP) is 1.94. The molecule has 0 bridgehead atoms. The molecule has 7 heavy (non-hydrogen) atoms. The highest BCUT2D eigenvalue weighted by Gasteiger charge is 1.68. The summed E-state index contributed by atoms with van der Waals surface area (Å²) in [5, 5.41) is 0. The lowest BCUT2D eigenvalue weighted by molar-refractivity contribution is 5.50. The van der Waals surface area contributed by atoms with Crippen molar-refractivity contribution in [2.45, 2.75) is 0 Å². The molecular formula is H4P2S5. The molecule has 0 aromatic rings. The molecule has 0 nitrogen and oxygen atoms in total. The minimum atomic E-state index is -0.542. The smallest absolute Gasteiger partial charge is 0.0739 e. The van der Waals surface area contributed by atoms with Gasteiger partial charge in [-0.2, -0.15) is 0 Å². The molecule has 7 heteroatoms. The van der Waals surface area contributed by atoms with E-state index < -0.39 is 4.67 Å². The lowest BCUT2D eigenvalue weighted by Gasteiger charge is -1.73. The summed E-state index contributed by atoms with van der Waals surface area (Å²) in [5.41, 5.74) is 0. The third kappa shape index (κ3) is 8.22. The molecule has 0 heterocycles. The molecule has 0 N–H and O–H groups in total. The number of thiol groups is 2. The van der Waals surface area contributed by atoms with Crippen LogP contribution in [0.5, 0.6) is 0 Å². The van der Waals surface area contributed by atoms with E-state index in [1.165, 1.54) is 0 Å². The largest absolute Gasteiger partial charge is 0.145 e. The van der Waals surface area contributed by atoms with E-state index in [1.807, 2.05) is 0 Å². The molecule has 1 atom stereocenters. The van der Waals surface area contributed by atoms with Gasteiger partial charge >= 0.3 is 0 Å². The highest BCUT2D eigenvalue weighted by Crippen LogP contribution is 2.38. The Morgan fingerprint density at radius 1 is 1.71 bits per heavy atom. The maximum atomic E-state index is 4.77. The fourth-order valence-corrected chi connectivity index (χ4v) is 14.5. The maximum absolute atomic E-state index is 4.77. The molecule has 1 unspecified atom stereocenters. The second-order valence-corrected chi connectivity index (χ2v) is 14.8. The predicted molar refractivity (Wildman–Crippen MR) is 56.7 cm³/mol. The fourth-order valence-electron chi connectivity index (χ4n) is 0.0596. The van der Waals surface area contributed by atoms with E-state index >= 15 is 0 Å². The van der Waals surface area contributed by atoms with Crippen LogP contribution < -0.4 is 0 Å². The van der Waals surface area contributed by atoms with Crippen molar-refractivity contribution in [3.8, 4) is 0 Å². The topological polar surface area (TPSA) is 0 Å². The van der Waals surface area contributed by atoms with E-state index in [4.69, 9.17) is 23.6 Å². The second-order valence-electron chi connectivity index (χ2n) is 0.550. The van der Waals surface area contributed by atoms with Crippen molar-refractivity contribution in [2.75, 3.05) is 0 Å². The van der Waals surface area contributed by atoms with E-state index in [0.717, 1.165) is 9.97 Å². The van der Waals surface area contributed by atoms with Crippen LogP contribution in [0, 0.1) is 0 Å². The van der Waals surface area contributed by atoms with Crippen LogP contribution in [0.1, 0.15) is 0 Å². The van der Waals surface area contributed by atoms with E-state index in [0.29, 0.717) is 6.56 Å². The molecule has 0 aliphatic heterocycles. The molecule has 0 rings (SSSR count). The maximum Gasteiger partial charge on any atom is 0.0739 e. The molecule has 0 amide bonds. The first kappa shape index (κ1) is 9.22. The summed E-state index contributed by atoms with van der Waals surface area (Å²) >= 11 is 15.3. The van der Waals surface area contributed by atoms with Crippen LogP contribution in [0.2, 0.25) is 0 Å². The monoisotopic (exact) mass is 226 g/mol. The summed E-state index contributed by atoms with van der Waals surface area (Å²) in [7, 11) is 1.16. The molecular weight excluding hydrogens is 222 g/mol. The van der Waals surface area contributed by atoms with Crippen molar-refractivity contribution in [3.63, 3.8) is 0 Å². The summed E-state index contributed by atoms with van der Waals surface area (Å²) in [6.45, 7) is 0.358. The molecule has 0 aromatic heterocycles. The highest BCUT2D eigenvalue weighted by atomic mass is 33.4. The van der Waals surface area contributed by atoms with Gasteiger partial charge in [0.05, 0.1) is 4.67 Å². The Labute approximate surface area is 67.0 Å². The van der Waals surface area contributed by atoms with Crippen molar-refractivity contribution in [1.29, 1.82) is 0 Å². The van der Waals surface area contributed by atoms with E-state index in [1.54, 1.807) is 11.0 Å². The van der Waals surface area contributed by atoms with Crippen LogP contribution in [0.4, 0.5) is 0 Å². The lowest BCUT2D eigenvalue weighted by Crippen LogP contribution is -1.14. The zero-order valence-corrected chi connectivity index (χ0v) is 9.43. The van der Waals surface area contributed by atoms with Gasteiger partial charge < -0.3 is 0 Å². The van der Waals surface area contributed by atoms with Crippen molar-refractivity contribution in [3.05, 3.63) is 0 Å². The van der Waals surface area contributed by atoms with Crippen LogP contribution in [0.25, 0.3) is 0 Å². The number of hydrogen-bond donors (Lipinski definition) is 2. The summed E-state index contributed by atoms with van der Waals surface area (Å²) < 4.78 is -0.542. The third-order valence-electron chi connectivity index (χ3n) is 0.180. The third-order valence-corrected chi connectivity index (χ3v) is 14.6. The van der Waals surface area contributed by atoms with Gasteiger partial charge in [-0.1, -0.05) is 11.0 Å². The molecule has 44 valence electrons. The highest BCUT2D eigenvalue weighted by molar-refractivity contribution is 8.97. The molecule has 0 aliphatic rings. The first-order valence-electron chi connectivity index (χ1n) is 1.24. The Morgan fingerprint density at radius 2 is 2.29 bits per heavy atom. The fraction of sp³-hybridized carbons (Fsp3) is 0. The van der Waals surface area contributed by atoms with E-state index in [9.17, 15) is 0 Å². The Balaban J connectivity index is 3.33. The summed E-state index contributed by atoms with van der Waals surface area (Å²) in [4.78, 5) is 0. The molecule has 0 spiro atoms. The lowest BCUT2D eigenvalue weighted by atomic mass is 29.8. The summed E-state index contributed by atoms with van der Waals surface area (Å²) in [5.74, 6) is 0. The summed E-state index contributed by atoms with van der Waals surface area (Å²) in [6, 6.07) is 0. The van der Waals surface area contributed by atoms with Crippen LogP contribution >= 0.6 is 33.9 Å². The van der Waals surface area contributed by atoms with Gasteiger partial charge in [-0.3, -0.25) is 0 Å². The first-order chi connectivity index (χ1) is 3.27. The zero-order chi connectivity index (χ0) is 5.70. The van der Waals surface area contributed by atoms with Gasteiger partial charge in [-0.05, 0) is 30.2 Å². The van der Waals surface area contributed by atoms with Crippen LogP contribution in [-0.2, 0) is 33.6 Å². The van der Waals surface area contributed by atoms with Gasteiger partial charge in [0, 0.05) is 0 Å². The van der Waals surface area contributed by atoms with E-state index in [-0.39, 0.29) is 0 Å². The minimum Gasteiger partial charge on any atom is -0.145 e. The van der Waals surface area contributed by atoms with E-state index in [2.05, 4.69) is 11.7 Å². The van der Waals surface area contributed by atoms with Crippen molar-refractivity contribution in [1.82, 2.24) is 0 Å². The average Bonchev–Trinajstić information content (AvgIpc) is 1.61. The van der Waals surface area contributed by atoms with Crippen LogP contribution in [0.15, 0.2) is 0 Å². The Bertz CT molecular complexity index is 112. The van der Waals surface area contributed by atoms with Crippen molar-refractivity contribution >= 4 is 67.5 Å². The second kappa shape index (κ2) is 6.34. The molecule has 0 fully saturated rings. The van der Waals surface area contributed by atoms with Crippen molar-refractivity contribution < 1.29 is 0 Å². The normalized spacial score (nSPS) is 12.1. The van der Waals surface area contributed by atoms with Gasteiger partial charge in [-0.15, -0.1) is 21.6 Å². The molecule has 0 aromatic carbocycles. The Hall–Kier alpha value is 2.22. The quantitative estimate of drug-likeness (QED) is 0.420. The van der Waals surface area contributed by atoms with Gasteiger partial charge in [-0.25, -0.2) is 0 Å². The Morgan fingerprint density at radius 3 is 2.43 bits per heavy atom. The first-order valence-corrected chi connectivity index (χ1v) is 11.2. The van der Waals surface area contributed by atoms with Crippen LogP contribution in [0.3, 0.4) is 0 Å². The molecule has 0 radical (unpaired) electrons. The average molecular weight is 226 g/mol. The molecule has 0 saturated carbocycles. The van der Waals surface area contributed by atoms with Gasteiger partial charge in [0.15, 0.2) is 0 Å². The number of hydrogen-bond acceptors (Lipinski definition) is 3. The zero-order valence-electron chi connectivity index (χ0n) is 3.14. The summed E-state index contributed by atoms with van der Waals surface area (Å²) in [6.07, 6.45) is 0. The van der Waals surface area contributed by atoms with Gasteiger partial charge in [0.1, 0.15) is 0 Å². The van der Waals surface area contributed by atoms with Crippen LogP contribution in [-0.4, -0.2) is 0 Å². The van der Waals surface area contributed by atoms with Gasteiger partial charge in [0.2, 0.25) is 0 Å². The number of rotatable bonds is 2. The standard InChI is InChI=1S/H4P2S5/c3-2(4)6-1-7-5/h5,7H,1H2.